The molecule has 0 unspecified atom stereocenters. The molecule has 52 heavy (non-hydrogen) atoms. The average molecular weight is 688 g/mol. The van der Waals surface area contributed by atoms with E-state index in [1.807, 2.05) is 6.92 Å². The van der Waals surface area contributed by atoms with Crippen molar-refractivity contribution in [2.45, 2.75) is 26.3 Å². The van der Waals surface area contributed by atoms with E-state index in [1.54, 1.807) is 24.3 Å². The van der Waals surface area contributed by atoms with Gasteiger partial charge in [0, 0.05) is 30.5 Å². The monoisotopic (exact) mass is 687 g/mol. The molecule has 4 N–H and O–H groups in total. The fourth-order valence-electron chi connectivity index (χ4n) is 6.63. The summed E-state index contributed by atoms with van der Waals surface area (Å²) in [4.78, 5) is 0. The highest BCUT2D eigenvalue weighted by Crippen LogP contribution is 2.45. The minimum atomic E-state index is -0.157. The van der Waals surface area contributed by atoms with E-state index in [-0.39, 0.29) is 41.6 Å². The van der Waals surface area contributed by atoms with Gasteiger partial charge < -0.3 is 25.5 Å². The van der Waals surface area contributed by atoms with E-state index in [2.05, 4.69) is 121 Å². The Morgan fingerprint density at radius 1 is 0.442 bits per heavy atom. The van der Waals surface area contributed by atoms with Crippen LogP contribution in [0.1, 0.15) is 33.4 Å². The highest BCUT2D eigenvalue weighted by molar-refractivity contribution is 5.71. The van der Waals surface area contributed by atoms with E-state index in [0.717, 1.165) is 12.1 Å². The maximum atomic E-state index is 12.8. The van der Waals surface area contributed by atoms with Crippen LogP contribution in [0.25, 0.3) is 0 Å². The molecule has 0 aliphatic heterocycles. The Morgan fingerprint density at radius 2 is 0.808 bits per heavy atom. The van der Waals surface area contributed by atoms with Gasteiger partial charge >= 0.3 is 0 Å². The number of hydrogen-bond donors (Lipinski definition) is 4. The maximum absolute atomic E-state index is 12.8. The Hall–Kier alpha value is -6.50. The Labute approximate surface area is 304 Å². The minimum absolute atomic E-state index is 0.0404. The van der Waals surface area contributed by atoms with Gasteiger partial charge in [0.1, 0.15) is 46.6 Å². The van der Waals surface area contributed by atoms with Crippen molar-refractivity contribution in [2.75, 3.05) is 0 Å². The van der Waals surface area contributed by atoms with Crippen molar-refractivity contribution in [3.8, 4) is 28.7 Å². The summed E-state index contributed by atoms with van der Waals surface area (Å²) in [5.74, 6) is -0.370. The second-order valence-electron chi connectivity index (χ2n) is 12.9. The number of aryl methyl sites for hydroxylation is 1. The van der Waals surface area contributed by atoms with E-state index in [4.69, 9.17) is 0 Å². The van der Waals surface area contributed by atoms with Crippen molar-refractivity contribution in [2.24, 2.45) is 0 Å². The number of para-hydroxylation sites is 3. The molecule has 0 saturated carbocycles. The molecule has 0 heterocycles. The van der Waals surface area contributed by atoms with Crippen LogP contribution in [-0.2, 0) is 19.4 Å². The van der Waals surface area contributed by atoms with Gasteiger partial charge in [-0.3, -0.25) is 0 Å². The van der Waals surface area contributed by atoms with E-state index >= 15 is 0 Å². The molecular weight excluding hydrogens is 647 g/mol. The summed E-state index contributed by atoms with van der Waals surface area (Å²) in [6.07, 6.45) is 0.475. The Bertz CT molecular complexity index is 2050. The standard InChI is InChI=1S/C25H22N.C21H20O5/c1-5-13-22(14-6-1)21-26(23-15-7-2-8-16-23,24-17-9-3-10-18-24)25-19-11-4-12-20-25;1-12-6-15(8-13-2-4-17(22)10-19(13)24)21(26)16(7-12)9-14-3-5-18(23)11-20(14)25/h1-20H,21H2;2-7,10-11,22-26H,8-9H2,1H3/q+1;/p-1. The Balaban J connectivity index is 0.000000179. The number of nitrogens with zero attached hydrogens (tertiary/aromatic N) is 1. The van der Waals surface area contributed by atoms with Crippen LogP contribution in [0.15, 0.2) is 170 Å². The molecule has 7 aromatic carbocycles. The molecule has 0 spiro atoms. The first-order chi connectivity index (χ1) is 25.2. The van der Waals surface area contributed by atoms with Gasteiger partial charge in [0.25, 0.3) is 0 Å². The Morgan fingerprint density at radius 3 is 1.17 bits per heavy atom. The third kappa shape index (κ3) is 8.10. The summed E-state index contributed by atoms with van der Waals surface area (Å²) in [6, 6.07) is 55.2. The molecule has 0 radical (unpaired) electrons. The summed E-state index contributed by atoms with van der Waals surface area (Å²) in [6.45, 7) is 2.73. The van der Waals surface area contributed by atoms with Crippen LogP contribution in [-0.4, -0.2) is 20.4 Å². The van der Waals surface area contributed by atoms with Crippen molar-refractivity contribution in [1.29, 1.82) is 0 Å². The maximum Gasteiger partial charge on any atom is 0.143 e. The number of phenols is 4. The van der Waals surface area contributed by atoms with Gasteiger partial charge in [-0.25, -0.2) is 4.48 Å². The lowest BCUT2D eigenvalue weighted by Gasteiger charge is -2.37. The predicted octanol–water partition coefficient (Wildman–Crippen LogP) is 9.93. The summed E-state index contributed by atoms with van der Waals surface area (Å²) >= 11 is 0. The summed E-state index contributed by atoms with van der Waals surface area (Å²) in [7, 11) is 0. The first kappa shape index (κ1) is 35.3. The van der Waals surface area contributed by atoms with E-state index in [1.165, 1.54) is 46.9 Å². The van der Waals surface area contributed by atoms with Gasteiger partial charge in [-0.1, -0.05) is 126 Å². The van der Waals surface area contributed by atoms with Crippen molar-refractivity contribution >= 4 is 17.1 Å². The molecule has 6 nitrogen and oxygen atoms in total. The van der Waals surface area contributed by atoms with Crippen LogP contribution in [0.3, 0.4) is 0 Å². The smallest absolute Gasteiger partial charge is 0.143 e. The second kappa shape index (κ2) is 16.0. The van der Waals surface area contributed by atoms with Crippen molar-refractivity contribution in [3.63, 3.8) is 0 Å². The first-order valence-electron chi connectivity index (χ1n) is 17.1. The van der Waals surface area contributed by atoms with Gasteiger partial charge in [-0.05, 0) is 66.6 Å². The lowest BCUT2D eigenvalue weighted by molar-refractivity contribution is -0.270. The molecule has 0 atom stereocenters. The largest absolute Gasteiger partial charge is 0.872 e. The summed E-state index contributed by atoms with van der Waals surface area (Å²) in [5, 5.41) is 51.5. The lowest BCUT2D eigenvalue weighted by Crippen LogP contribution is -2.38. The van der Waals surface area contributed by atoms with Crippen molar-refractivity contribution in [1.82, 2.24) is 4.48 Å². The van der Waals surface area contributed by atoms with E-state index in [9.17, 15) is 25.5 Å². The molecule has 0 aliphatic carbocycles. The molecule has 0 saturated heterocycles. The molecule has 7 aromatic rings. The molecule has 260 valence electrons. The quantitative estimate of drug-likeness (QED) is 0.113. The molecule has 0 bridgehead atoms. The SMILES string of the molecule is Cc1cc(Cc2ccc(O)cc2O)c([O-])c(Cc2ccc(O)cc2O)c1.c1ccc(C[N+](c2ccccc2)(c2ccccc2)c2ccccc2)cc1. The minimum Gasteiger partial charge on any atom is -0.872 e. The molecule has 7 rings (SSSR count). The Kier molecular flexibility index (Phi) is 10.9. The van der Waals surface area contributed by atoms with Crippen LogP contribution in [0.4, 0.5) is 17.1 Å². The third-order valence-electron chi connectivity index (χ3n) is 9.14. The number of hydrogen-bond acceptors (Lipinski definition) is 5. The zero-order chi connectivity index (χ0) is 36.5. The third-order valence-corrected chi connectivity index (χ3v) is 9.14. The number of quaternary nitrogens is 1. The highest BCUT2D eigenvalue weighted by atomic mass is 16.3. The molecule has 0 aliphatic rings. The molecule has 0 fully saturated rings. The van der Waals surface area contributed by atoms with Gasteiger partial charge in [0.2, 0.25) is 0 Å². The fraction of sp³-hybridized carbons (Fsp3) is 0.0870. The van der Waals surface area contributed by atoms with Crippen LogP contribution in [0.2, 0.25) is 0 Å². The molecule has 0 aromatic heterocycles. The zero-order valence-corrected chi connectivity index (χ0v) is 28.9. The zero-order valence-electron chi connectivity index (χ0n) is 28.9. The van der Waals surface area contributed by atoms with Crippen LogP contribution in [0, 0.1) is 6.92 Å². The van der Waals surface area contributed by atoms with Crippen LogP contribution in [0.5, 0.6) is 28.7 Å². The van der Waals surface area contributed by atoms with Crippen molar-refractivity contribution in [3.05, 3.63) is 203 Å². The number of benzene rings is 7. The summed E-state index contributed by atoms with van der Waals surface area (Å²) < 4.78 is 0.659. The summed E-state index contributed by atoms with van der Waals surface area (Å²) in [5.41, 5.74) is 8.12. The van der Waals surface area contributed by atoms with Crippen LogP contribution < -0.4 is 9.59 Å². The average Bonchev–Trinajstić information content (AvgIpc) is 3.16. The topological polar surface area (TPSA) is 104 Å². The number of aromatic hydroxyl groups is 4. The van der Waals surface area contributed by atoms with Gasteiger partial charge in [-0.15, -0.1) is 5.75 Å². The van der Waals surface area contributed by atoms with E-state index < -0.39 is 0 Å². The number of phenolic OH excluding ortho intramolecular Hbond substituents is 4. The molecular formula is C46H41NO5. The van der Waals surface area contributed by atoms with E-state index in [0.29, 0.717) is 26.7 Å². The number of rotatable bonds is 9. The highest BCUT2D eigenvalue weighted by Gasteiger charge is 2.36. The second-order valence-corrected chi connectivity index (χ2v) is 12.9. The first-order valence-corrected chi connectivity index (χ1v) is 17.1. The van der Waals surface area contributed by atoms with Gasteiger partial charge in [-0.2, -0.15) is 0 Å². The normalized spacial score (nSPS) is 11.0. The lowest BCUT2D eigenvalue weighted by atomic mass is 9.95. The van der Waals surface area contributed by atoms with Gasteiger partial charge in [0.15, 0.2) is 0 Å². The van der Waals surface area contributed by atoms with Crippen LogP contribution >= 0.6 is 0 Å². The predicted molar refractivity (Wildman–Crippen MR) is 206 cm³/mol. The molecule has 6 heteroatoms. The molecule has 0 amide bonds. The van der Waals surface area contributed by atoms with Gasteiger partial charge in [0.05, 0.1) is 0 Å². The van der Waals surface area contributed by atoms with Crippen molar-refractivity contribution < 1.29 is 25.5 Å². The fourth-order valence-corrected chi connectivity index (χ4v) is 6.63.